The molecule has 0 aliphatic carbocycles. The highest BCUT2D eigenvalue weighted by atomic mass is 35.5. The van der Waals surface area contributed by atoms with Crippen molar-refractivity contribution in [2.24, 2.45) is 0 Å². The lowest BCUT2D eigenvalue weighted by Crippen LogP contribution is -2.15. The Hall–Kier alpha value is -0.420. The molecule has 0 saturated heterocycles. The van der Waals surface area contributed by atoms with Crippen LogP contribution in [0.1, 0.15) is 6.42 Å². The number of carboxylic acids is 1. The van der Waals surface area contributed by atoms with Crippen LogP contribution >= 0.6 is 35.0 Å². The lowest BCUT2D eigenvalue weighted by atomic mass is 10.3. The number of aliphatic hydroxyl groups is 1. The van der Waals surface area contributed by atoms with Gasteiger partial charge in [0, 0.05) is 10.6 Å². The third kappa shape index (κ3) is 4.61. The first-order chi connectivity index (χ1) is 7.49. The van der Waals surface area contributed by atoms with Gasteiger partial charge in [0.1, 0.15) is 0 Å². The number of aliphatic carboxylic acids is 1. The Labute approximate surface area is 107 Å². The molecule has 6 heteroatoms. The van der Waals surface area contributed by atoms with E-state index in [9.17, 15) is 9.90 Å². The number of thioether (sulfide) groups is 1. The molecule has 1 rings (SSSR count). The van der Waals surface area contributed by atoms with Crippen LogP contribution in [0.3, 0.4) is 0 Å². The highest BCUT2D eigenvalue weighted by Gasteiger charge is 2.10. The average Bonchev–Trinajstić information content (AvgIpc) is 2.19. The molecule has 3 nitrogen and oxygen atoms in total. The van der Waals surface area contributed by atoms with Gasteiger partial charge in [-0.1, -0.05) is 23.2 Å². The van der Waals surface area contributed by atoms with Crippen molar-refractivity contribution in [1.82, 2.24) is 0 Å². The molecule has 0 fully saturated rings. The summed E-state index contributed by atoms with van der Waals surface area (Å²) in [6.45, 7) is 0. The van der Waals surface area contributed by atoms with E-state index < -0.39 is 12.1 Å². The molecule has 0 aromatic heterocycles. The fraction of sp³-hybridized carbons (Fsp3) is 0.300. The molecule has 1 unspecified atom stereocenters. The molecule has 0 saturated carbocycles. The third-order valence-corrected chi connectivity index (χ3v) is 3.62. The normalized spacial score (nSPS) is 12.4. The van der Waals surface area contributed by atoms with Gasteiger partial charge in [-0.2, -0.15) is 0 Å². The first-order valence-electron chi connectivity index (χ1n) is 4.46. The van der Waals surface area contributed by atoms with Crippen molar-refractivity contribution in [2.75, 3.05) is 5.75 Å². The average molecular weight is 281 g/mol. The van der Waals surface area contributed by atoms with Gasteiger partial charge in [0.25, 0.3) is 0 Å². The van der Waals surface area contributed by atoms with Crippen LogP contribution in [0.5, 0.6) is 0 Å². The van der Waals surface area contributed by atoms with E-state index in [1.54, 1.807) is 18.2 Å². The van der Waals surface area contributed by atoms with Gasteiger partial charge in [0.15, 0.2) is 0 Å². The van der Waals surface area contributed by atoms with Crippen LogP contribution in [-0.4, -0.2) is 28.0 Å². The van der Waals surface area contributed by atoms with Gasteiger partial charge < -0.3 is 10.2 Å². The summed E-state index contributed by atoms with van der Waals surface area (Å²) in [4.78, 5) is 11.2. The molecule has 88 valence electrons. The first kappa shape index (κ1) is 13.6. The largest absolute Gasteiger partial charge is 0.481 e. The second kappa shape index (κ2) is 6.35. The van der Waals surface area contributed by atoms with Crippen molar-refractivity contribution < 1.29 is 15.0 Å². The summed E-state index contributed by atoms with van der Waals surface area (Å²) in [5.41, 5.74) is 0. The Morgan fingerprint density at radius 2 is 2.06 bits per heavy atom. The van der Waals surface area contributed by atoms with E-state index in [1.807, 2.05) is 0 Å². The van der Waals surface area contributed by atoms with Crippen LogP contribution < -0.4 is 0 Å². The maximum atomic E-state index is 10.3. The lowest BCUT2D eigenvalue weighted by Gasteiger charge is -2.07. The first-order valence-corrected chi connectivity index (χ1v) is 6.21. The molecule has 1 aromatic carbocycles. The smallest absolute Gasteiger partial charge is 0.306 e. The van der Waals surface area contributed by atoms with Crippen LogP contribution in [0.2, 0.25) is 10.0 Å². The number of halogens is 2. The second-order valence-corrected chi connectivity index (χ2v) is 5.05. The summed E-state index contributed by atoms with van der Waals surface area (Å²) in [5.74, 6) is -0.702. The summed E-state index contributed by atoms with van der Waals surface area (Å²) in [6, 6.07) is 5.12. The molecule has 0 heterocycles. The Balaban J connectivity index is 2.48. The Kier molecular flexibility index (Phi) is 5.41. The topological polar surface area (TPSA) is 57.5 Å². The van der Waals surface area contributed by atoms with Gasteiger partial charge in [0.05, 0.1) is 22.6 Å². The quantitative estimate of drug-likeness (QED) is 0.815. The zero-order chi connectivity index (χ0) is 12.1. The number of hydrogen-bond acceptors (Lipinski definition) is 3. The number of benzene rings is 1. The van der Waals surface area contributed by atoms with Gasteiger partial charge in [0.2, 0.25) is 0 Å². The van der Waals surface area contributed by atoms with Crippen molar-refractivity contribution in [2.45, 2.75) is 17.4 Å². The van der Waals surface area contributed by atoms with Gasteiger partial charge in [-0.15, -0.1) is 11.8 Å². The van der Waals surface area contributed by atoms with Gasteiger partial charge in [-0.3, -0.25) is 4.79 Å². The molecular formula is C10H10Cl2O3S. The minimum Gasteiger partial charge on any atom is -0.481 e. The van der Waals surface area contributed by atoms with Crippen molar-refractivity contribution in [3.63, 3.8) is 0 Å². The number of rotatable bonds is 5. The predicted molar refractivity (Wildman–Crippen MR) is 65.4 cm³/mol. The lowest BCUT2D eigenvalue weighted by molar-refractivity contribution is -0.138. The molecule has 0 radical (unpaired) electrons. The fourth-order valence-electron chi connectivity index (χ4n) is 1.02. The zero-order valence-corrected chi connectivity index (χ0v) is 10.5. The van der Waals surface area contributed by atoms with Crippen molar-refractivity contribution in [3.05, 3.63) is 28.2 Å². The summed E-state index contributed by atoms with van der Waals surface area (Å²) in [7, 11) is 0. The second-order valence-electron chi connectivity index (χ2n) is 3.14. The summed E-state index contributed by atoms with van der Waals surface area (Å²) in [6.07, 6.45) is -1.12. The number of carboxylic acid groups (broad SMARTS) is 1. The number of carbonyl (C=O) groups is 1. The molecule has 2 N–H and O–H groups in total. The number of aliphatic hydroxyl groups excluding tert-OH is 1. The predicted octanol–water partition coefficient (Wildman–Crippen LogP) is 2.92. The fourth-order valence-corrected chi connectivity index (χ4v) is 2.25. The number of hydrogen-bond donors (Lipinski definition) is 2. The maximum Gasteiger partial charge on any atom is 0.306 e. The molecule has 0 amide bonds. The van der Waals surface area contributed by atoms with Crippen LogP contribution in [-0.2, 0) is 4.79 Å². The minimum atomic E-state index is -1.01. The van der Waals surface area contributed by atoms with Gasteiger partial charge in [-0.05, 0) is 18.2 Å². The van der Waals surface area contributed by atoms with Crippen molar-refractivity contribution in [1.29, 1.82) is 0 Å². The standard InChI is InChI=1S/C10H10Cl2O3S/c11-8-2-1-7(4-9(8)12)16-5-6(13)3-10(14)15/h1-2,4,6,13H,3,5H2,(H,14,15). The van der Waals surface area contributed by atoms with Gasteiger partial charge in [-0.25, -0.2) is 0 Å². The van der Waals surface area contributed by atoms with E-state index in [2.05, 4.69) is 0 Å². The van der Waals surface area contributed by atoms with Crippen molar-refractivity contribution in [3.8, 4) is 0 Å². The molecule has 0 aliphatic rings. The van der Waals surface area contributed by atoms with E-state index in [0.29, 0.717) is 15.8 Å². The molecule has 1 aromatic rings. The summed E-state index contributed by atoms with van der Waals surface area (Å²) < 4.78 is 0. The van der Waals surface area contributed by atoms with E-state index in [-0.39, 0.29) is 6.42 Å². The maximum absolute atomic E-state index is 10.3. The highest BCUT2D eigenvalue weighted by molar-refractivity contribution is 7.99. The molecule has 16 heavy (non-hydrogen) atoms. The van der Waals surface area contributed by atoms with E-state index in [4.69, 9.17) is 28.3 Å². The van der Waals surface area contributed by atoms with Crippen LogP contribution in [0.4, 0.5) is 0 Å². The van der Waals surface area contributed by atoms with Crippen LogP contribution in [0, 0.1) is 0 Å². The SMILES string of the molecule is O=C(O)CC(O)CSc1ccc(Cl)c(Cl)c1. The molecular weight excluding hydrogens is 271 g/mol. The highest BCUT2D eigenvalue weighted by Crippen LogP contribution is 2.28. The van der Waals surface area contributed by atoms with Crippen LogP contribution in [0.15, 0.2) is 23.1 Å². The zero-order valence-electron chi connectivity index (χ0n) is 8.19. The Bertz CT molecular complexity index is 384. The summed E-state index contributed by atoms with van der Waals surface area (Å²) >= 11 is 12.9. The van der Waals surface area contributed by atoms with E-state index >= 15 is 0 Å². The van der Waals surface area contributed by atoms with Gasteiger partial charge >= 0.3 is 5.97 Å². The van der Waals surface area contributed by atoms with E-state index in [0.717, 1.165) is 4.90 Å². The molecule has 1 atom stereocenters. The molecule has 0 spiro atoms. The monoisotopic (exact) mass is 280 g/mol. The van der Waals surface area contributed by atoms with Crippen LogP contribution in [0.25, 0.3) is 0 Å². The third-order valence-electron chi connectivity index (χ3n) is 1.74. The Morgan fingerprint density at radius 1 is 1.38 bits per heavy atom. The summed E-state index contributed by atoms with van der Waals surface area (Å²) in [5, 5.41) is 18.7. The van der Waals surface area contributed by atoms with Crippen molar-refractivity contribution >= 4 is 40.9 Å². The molecule has 0 bridgehead atoms. The minimum absolute atomic E-state index is 0.256. The van der Waals surface area contributed by atoms with E-state index in [1.165, 1.54) is 11.8 Å². The molecule has 0 aliphatic heterocycles. The Morgan fingerprint density at radius 3 is 2.62 bits per heavy atom.